The van der Waals surface area contributed by atoms with Gasteiger partial charge in [-0.1, -0.05) is 22.8 Å². The lowest BCUT2D eigenvalue weighted by atomic mass is 10.2. The molecule has 0 atom stereocenters. The Kier molecular flexibility index (Phi) is 4.94. The molecule has 0 saturated heterocycles. The highest BCUT2D eigenvalue weighted by atomic mass is 35.5. The molecule has 0 aliphatic heterocycles. The number of rotatable bonds is 5. The fourth-order valence-electron chi connectivity index (χ4n) is 1.73. The summed E-state index contributed by atoms with van der Waals surface area (Å²) >= 11 is 5.83. The fourth-order valence-corrected chi connectivity index (χ4v) is 1.86. The van der Waals surface area contributed by atoms with Gasteiger partial charge in [-0.2, -0.15) is 4.98 Å². The zero-order chi connectivity index (χ0) is 15.2. The molecule has 7 heteroatoms. The van der Waals surface area contributed by atoms with Gasteiger partial charge in [0.05, 0.1) is 0 Å². The fraction of sp³-hybridized carbons (Fsp3) is 0.214. The van der Waals surface area contributed by atoms with Gasteiger partial charge in [-0.05, 0) is 24.3 Å². The highest BCUT2D eigenvalue weighted by Gasteiger charge is 2.16. The average molecular weight is 307 g/mol. The van der Waals surface area contributed by atoms with Gasteiger partial charge < -0.3 is 14.7 Å². The van der Waals surface area contributed by atoms with Crippen LogP contribution in [0.3, 0.4) is 0 Å². The summed E-state index contributed by atoms with van der Waals surface area (Å²) in [4.78, 5) is 17.5. The molecule has 0 radical (unpaired) electrons. The molecular weight excluding hydrogens is 292 g/mol. The Morgan fingerprint density at radius 2 is 2.19 bits per heavy atom. The molecule has 2 amide bonds. The summed E-state index contributed by atoms with van der Waals surface area (Å²) in [6.45, 7) is 4.22. The van der Waals surface area contributed by atoms with Crippen LogP contribution in [-0.4, -0.2) is 34.7 Å². The molecule has 110 valence electrons. The second-order valence-electron chi connectivity index (χ2n) is 4.24. The van der Waals surface area contributed by atoms with E-state index in [9.17, 15) is 4.79 Å². The average Bonchev–Trinajstić information content (AvgIpc) is 2.95. The quantitative estimate of drug-likeness (QED) is 0.862. The zero-order valence-electron chi connectivity index (χ0n) is 11.5. The number of hydrogen-bond acceptors (Lipinski definition) is 4. The number of nitrogens with zero attached hydrogens (tertiary/aromatic N) is 3. The van der Waals surface area contributed by atoms with E-state index in [1.807, 2.05) is 0 Å². The molecule has 1 aromatic heterocycles. The van der Waals surface area contributed by atoms with E-state index in [0.29, 0.717) is 23.3 Å². The van der Waals surface area contributed by atoms with E-state index >= 15 is 0 Å². The molecule has 21 heavy (non-hydrogen) atoms. The van der Waals surface area contributed by atoms with Crippen molar-refractivity contribution in [3.8, 4) is 11.4 Å². The van der Waals surface area contributed by atoms with E-state index < -0.39 is 0 Å². The van der Waals surface area contributed by atoms with Crippen LogP contribution in [0.2, 0.25) is 5.02 Å². The minimum absolute atomic E-state index is 0.215. The van der Waals surface area contributed by atoms with Crippen molar-refractivity contribution in [2.75, 3.05) is 13.6 Å². The zero-order valence-corrected chi connectivity index (χ0v) is 12.3. The Labute approximate surface area is 127 Å². The summed E-state index contributed by atoms with van der Waals surface area (Å²) < 4.78 is 5.17. The second-order valence-corrected chi connectivity index (χ2v) is 4.68. The molecule has 2 rings (SSSR count). The lowest BCUT2D eigenvalue weighted by Gasteiger charge is -2.17. The molecule has 0 spiro atoms. The summed E-state index contributed by atoms with van der Waals surface area (Å²) in [5.74, 6) is 0.808. The van der Waals surface area contributed by atoms with Crippen molar-refractivity contribution in [3.63, 3.8) is 0 Å². The van der Waals surface area contributed by atoms with Crippen LogP contribution in [-0.2, 0) is 6.54 Å². The predicted octanol–water partition coefficient (Wildman–Crippen LogP) is 2.72. The van der Waals surface area contributed by atoms with Crippen molar-refractivity contribution in [2.45, 2.75) is 6.54 Å². The molecule has 0 bridgehead atoms. The van der Waals surface area contributed by atoms with E-state index in [4.69, 9.17) is 16.1 Å². The topological polar surface area (TPSA) is 71.3 Å². The summed E-state index contributed by atoms with van der Waals surface area (Å²) in [5.41, 5.74) is 0.796. The van der Waals surface area contributed by atoms with Gasteiger partial charge in [0.1, 0.15) is 6.54 Å². The van der Waals surface area contributed by atoms with Crippen LogP contribution in [0.25, 0.3) is 11.4 Å². The monoisotopic (exact) mass is 306 g/mol. The Bertz CT molecular complexity index is 624. The third-order valence-electron chi connectivity index (χ3n) is 2.75. The Morgan fingerprint density at radius 3 is 2.81 bits per heavy atom. The molecule has 2 aromatic rings. The lowest BCUT2D eigenvalue weighted by Crippen LogP contribution is -2.37. The normalized spacial score (nSPS) is 10.2. The van der Waals surface area contributed by atoms with E-state index in [1.54, 1.807) is 37.4 Å². The Hall–Kier alpha value is -2.34. The Morgan fingerprint density at radius 1 is 1.48 bits per heavy atom. The third kappa shape index (κ3) is 3.82. The molecule has 6 nitrogen and oxygen atoms in total. The number of amides is 2. The standard InChI is InChI=1S/C14H15ClN4O2/c1-3-8-19(14(20)16-2)9-12-17-13(18-21-12)10-4-6-11(15)7-5-10/h3-7H,1,8-9H2,2H3,(H,16,20). The van der Waals surface area contributed by atoms with Crippen molar-refractivity contribution < 1.29 is 9.32 Å². The van der Waals surface area contributed by atoms with Gasteiger partial charge in [0, 0.05) is 24.2 Å². The molecular formula is C14H15ClN4O2. The number of carbonyl (C=O) groups excluding carboxylic acids is 1. The minimum Gasteiger partial charge on any atom is -0.341 e. The first-order chi connectivity index (χ1) is 10.1. The first-order valence-electron chi connectivity index (χ1n) is 6.30. The minimum atomic E-state index is -0.235. The number of nitrogens with one attached hydrogen (secondary N) is 1. The first-order valence-corrected chi connectivity index (χ1v) is 6.68. The predicted molar refractivity (Wildman–Crippen MR) is 79.8 cm³/mol. The maximum atomic E-state index is 11.7. The largest absolute Gasteiger partial charge is 0.341 e. The number of aromatic nitrogens is 2. The van der Waals surface area contributed by atoms with Gasteiger partial charge in [0.2, 0.25) is 11.7 Å². The van der Waals surface area contributed by atoms with Gasteiger partial charge in [-0.15, -0.1) is 6.58 Å². The van der Waals surface area contributed by atoms with Crippen molar-refractivity contribution in [2.24, 2.45) is 0 Å². The van der Waals surface area contributed by atoms with Crippen LogP contribution in [0.4, 0.5) is 4.79 Å². The highest BCUT2D eigenvalue weighted by molar-refractivity contribution is 6.30. The third-order valence-corrected chi connectivity index (χ3v) is 3.00. The van der Waals surface area contributed by atoms with Crippen molar-refractivity contribution in [1.29, 1.82) is 0 Å². The number of halogens is 1. The highest BCUT2D eigenvalue weighted by Crippen LogP contribution is 2.19. The summed E-state index contributed by atoms with van der Waals surface area (Å²) in [6, 6.07) is 6.87. The van der Waals surface area contributed by atoms with Crippen molar-refractivity contribution in [3.05, 3.63) is 47.8 Å². The molecule has 0 fully saturated rings. The van der Waals surface area contributed by atoms with E-state index in [0.717, 1.165) is 5.56 Å². The summed E-state index contributed by atoms with van der Waals surface area (Å²) in [7, 11) is 1.56. The smallest absolute Gasteiger partial charge is 0.317 e. The van der Waals surface area contributed by atoms with Gasteiger partial charge in [-0.25, -0.2) is 4.79 Å². The molecule has 1 heterocycles. The van der Waals surface area contributed by atoms with Gasteiger partial charge in [0.15, 0.2) is 0 Å². The van der Waals surface area contributed by atoms with Gasteiger partial charge >= 0.3 is 6.03 Å². The first kappa shape index (κ1) is 15.1. The second kappa shape index (κ2) is 6.90. The van der Waals surface area contributed by atoms with E-state index in [2.05, 4.69) is 22.0 Å². The molecule has 1 N–H and O–H groups in total. The molecule has 1 aromatic carbocycles. The van der Waals surface area contributed by atoms with Crippen LogP contribution >= 0.6 is 11.6 Å². The number of benzene rings is 1. The van der Waals surface area contributed by atoms with Crippen LogP contribution in [0, 0.1) is 0 Å². The van der Waals surface area contributed by atoms with Crippen molar-refractivity contribution in [1.82, 2.24) is 20.4 Å². The van der Waals surface area contributed by atoms with E-state index in [1.165, 1.54) is 4.90 Å². The lowest BCUT2D eigenvalue weighted by molar-refractivity contribution is 0.195. The summed E-state index contributed by atoms with van der Waals surface area (Å²) in [6.07, 6.45) is 1.63. The van der Waals surface area contributed by atoms with Crippen LogP contribution in [0.5, 0.6) is 0 Å². The number of carbonyl (C=O) groups is 1. The van der Waals surface area contributed by atoms with Gasteiger partial charge in [-0.3, -0.25) is 0 Å². The van der Waals surface area contributed by atoms with Gasteiger partial charge in [0.25, 0.3) is 0 Å². The maximum Gasteiger partial charge on any atom is 0.317 e. The van der Waals surface area contributed by atoms with Crippen LogP contribution < -0.4 is 5.32 Å². The van der Waals surface area contributed by atoms with Crippen LogP contribution in [0.15, 0.2) is 41.4 Å². The van der Waals surface area contributed by atoms with Crippen molar-refractivity contribution >= 4 is 17.6 Å². The molecule has 0 unspecified atom stereocenters. The molecule has 0 saturated carbocycles. The summed E-state index contributed by atoms with van der Waals surface area (Å²) in [5, 5.41) is 7.09. The molecule has 0 aliphatic carbocycles. The number of urea groups is 1. The SMILES string of the molecule is C=CCN(Cc1nc(-c2ccc(Cl)cc2)no1)C(=O)NC. The number of hydrogen-bond donors (Lipinski definition) is 1. The molecule has 0 aliphatic rings. The van der Waals surface area contributed by atoms with E-state index in [-0.39, 0.29) is 12.6 Å². The van der Waals surface area contributed by atoms with Crippen LogP contribution in [0.1, 0.15) is 5.89 Å². The Balaban J connectivity index is 2.13. The maximum absolute atomic E-state index is 11.7.